The third kappa shape index (κ3) is 4.16. The van der Waals surface area contributed by atoms with Gasteiger partial charge < -0.3 is 4.74 Å². The standard InChI is InChI=1S/C18H17FN2O2S2/c1-11-20-17(24-9-3-4-15(22)23-2)16-14(10-25-18(16)21-11)12-5-7-13(19)8-6-12/h5-8,10H,3-4,9H2,1-2H3. The van der Waals surface area contributed by atoms with Gasteiger partial charge in [-0.3, -0.25) is 4.79 Å². The van der Waals surface area contributed by atoms with E-state index in [0.29, 0.717) is 6.42 Å². The normalized spacial score (nSPS) is 11.0. The first kappa shape index (κ1) is 17.8. The molecule has 0 aliphatic rings. The summed E-state index contributed by atoms with van der Waals surface area (Å²) >= 11 is 3.16. The van der Waals surface area contributed by atoms with E-state index in [4.69, 9.17) is 0 Å². The molecule has 0 fully saturated rings. The maximum atomic E-state index is 13.2. The van der Waals surface area contributed by atoms with E-state index in [0.717, 1.165) is 44.4 Å². The highest BCUT2D eigenvalue weighted by molar-refractivity contribution is 7.99. The van der Waals surface area contributed by atoms with Crippen molar-refractivity contribution in [3.63, 3.8) is 0 Å². The third-order valence-electron chi connectivity index (χ3n) is 3.66. The van der Waals surface area contributed by atoms with Crippen molar-refractivity contribution < 1.29 is 13.9 Å². The van der Waals surface area contributed by atoms with Crippen molar-refractivity contribution in [3.05, 3.63) is 41.3 Å². The zero-order chi connectivity index (χ0) is 17.8. The number of hydrogen-bond acceptors (Lipinski definition) is 6. The Morgan fingerprint density at radius 3 is 2.76 bits per heavy atom. The number of rotatable bonds is 6. The highest BCUT2D eigenvalue weighted by atomic mass is 32.2. The lowest BCUT2D eigenvalue weighted by atomic mass is 10.1. The molecule has 1 aromatic carbocycles. The summed E-state index contributed by atoms with van der Waals surface area (Å²) in [6.45, 7) is 1.87. The highest BCUT2D eigenvalue weighted by Gasteiger charge is 2.15. The summed E-state index contributed by atoms with van der Waals surface area (Å²) in [5.74, 6) is 1.02. The number of hydrogen-bond donors (Lipinski definition) is 0. The second-order valence-corrected chi connectivity index (χ2v) is 7.38. The number of benzene rings is 1. The number of methoxy groups -OCH3 is 1. The largest absolute Gasteiger partial charge is 0.469 e. The van der Waals surface area contributed by atoms with Crippen LogP contribution in [-0.2, 0) is 9.53 Å². The minimum atomic E-state index is -0.257. The highest BCUT2D eigenvalue weighted by Crippen LogP contribution is 2.38. The molecule has 0 saturated heterocycles. The second-order valence-electron chi connectivity index (χ2n) is 5.44. The van der Waals surface area contributed by atoms with Crippen LogP contribution in [0.25, 0.3) is 21.3 Å². The molecule has 3 aromatic rings. The van der Waals surface area contributed by atoms with Crippen molar-refractivity contribution in [2.45, 2.75) is 24.8 Å². The Morgan fingerprint density at radius 2 is 2.04 bits per heavy atom. The zero-order valence-corrected chi connectivity index (χ0v) is 15.5. The van der Waals surface area contributed by atoms with Gasteiger partial charge >= 0.3 is 5.97 Å². The Morgan fingerprint density at radius 1 is 1.28 bits per heavy atom. The number of thiophene rings is 1. The topological polar surface area (TPSA) is 52.1 Å². The van der Waals surface area contributed by atoms with Crippen LogP contribution in [0.3, 0.4) is 0 Å². The molecule has 4 nitrogen and oxygen atoms in total. The lowest BCUT2D eigenvalue weighted by Gasteiger charge is -2.07. The number of aryl methyl sites for hydroxylation is 1. The van der Waals surface area contributed by atoms with Crippen LogP contribution in [0.15, 0.2) is 34.7 Å². The molecule has 0 atom stereocenters. The Hall–Kier alpha value is -1.99. The van der Waals surface area contributed by atoms with Crippen molar-refractivity contribution in [3.8, 4) is 11.1 Å². The van der Waals surface area contributed by atoms with E-state index in [-0.39, 0.29) is 11.8 Å². The molecule has 0 N–H and O–H groups in total. The molecule has 0 amide bonds. The van der Waals surface area contributed by atoms with Crippen LogP contribution >= 0.6 is 23.1 Å². The molecule has 0 radical (unpaired) electrons. The van der Waals surface area contributed by atoms with Crippen molar-refractivity contribution >= 4 is 39.3 Å². The van der Waals surface area contributed by atoms with Crippen LogP contribution in [0, 0.1) is 12.7 Å². The SMILES string of the molecule is COC(=O)CCCSc1nc(C)nc2scc(-c3ccc(F)cc3)c12. The quantitative estimate of drug-likeness (QED) is 0.266. The summed E-state index contributed by atoms with van der Waals surface area (Å²) in [7, 11) is 1.40. The monoisotopic (exact) mass is 376 g/mol. The van der Waals surface area contributed by atoms with Crippen LogP contribution in [0.5, 0.6) is 0 Å². The van der Waals surface area contributed by atoms with Gasteiger partial charge in [0, 0.05) is 23.1 Å². The minimum Gasteiger partial charge on any atom is -0.469 e. The Labute approximate surface area is 153 Å². The first-order chi connectivity index (χ1) is 12.1. The van der Waals surface area contributed by atoms with Gasteiger partial charge in [0.2, 0.25) is 0 Å². The molecule has 130 valence electrons. The van der Waals surface area contributed by atoms with Crippen LogP contribution in [0.2, 0.25) is 0 Å². The number of thioether (sulfide) groups is 1. The average molecular weight is 376 g/mol. The number of carbonyl (C=O) groups excluding carboxylic acids is 1. The van der Waals surface area contributed by atoms with Crippen molar-refractivity contribution in [1.82, 2.24) is 9.97 Å². The Balaban J connectivity index is 1.90. The van der Waals surface area contributed by atoms with Gasteiger partial charge in [0.15, 0.2) is 0 Å². The fourth-order valence-electron chi connectivity index (χ4n) is 2.45. The van der Waals surface area contributed by atoms with Crippen LogP contribution in [0.4, 0.5) is 4.39 Å². The van der Waals surface area contributed by atoms with Gasteiger partial charge in [0.25, 0.3) is 0 Å². The average Bonchev–Trinajstić information content (AvgIpc) is 3.02. The van der Waals surface area contributed by atoms with Gasteiger partial charge in [-0.15, -0.1) is 23.1 Å². The van der Waals surface area contributed by atoms with Crippen molar-refractivity contribution in [1.29, 1.82) is 0 Å². The van der Waals surface area contributed by atoms with E-state index in [9.17, 15) is 9.18 Å². The fraction of sp³-hybridized carbons (Fsp3) is 0.278. The van der Waals surface area contributed by atoms with E-state index < -0.39 is 0 Å². The van der Waals surface area contributed by atoms with E-state index in [2.05, 4.69) is 14.7 Å². The first-order valence-corrected chi connectivity index (χ1v) is 9.66. The third-order valence-corrected chi connectivity index (χ3v) is 5.59. The van der Waals surface area contributed by atoms with Gasteiger partial charge in [-0.05, 0) is 31.0 Å². The van der Waals surface area contributed by atoms with Crippen LogP contribution in [0.1, 0.15) is 18.7 Å². The number of nitrogens with zero attached hydrogens (tertiary/aromatic N) is 2. The molecule has 25 heavy (non-hydrogen) atoms. The van der Waals surface area contributed by atoms with E-state index in [1.165, 1.54) is 19.2 Å². The molecular formula is C18H17FN2O2S2. The van der Waals surface area contributed by atoms with Crippen LogP contribution < -0.4 is 0 Å². The molecule has 0 aliphatic heterocycles. The molecule has 0 bridgehead atoms. The maximum absolute atomic E-state index is 13.2. The van der Waals surface area contributed by atoms with Gasteiger partial charge in [-0.1, -0.05) is 12.1 Å². The predicted molar refractivity (Wildman–Crippen MR) is 99.5 cm³/mol. The summed E-state index contributed by atoms with van der Waals surface area (Å²) in [6, 6.07) is 6.44. The lowest BCUT2D eigenvalue weighted by Crippen LogP contribution is -2.00. The molecule has 3 rings (SSSR count). The number of aromatic nitrogens is 2. The lowest BCUT2D eigenvalue weighted by molar-refractivity contribution is -0.140. The van der Waals surface area contributed by atoms with Crippen LogP contribution in [-0.4, -0.2) is 28.8 Å². The summed E-state index contributed by atoms with van der Waals surface area (Å²) in [4.78, 5) is 21.2. The molecule has 2 heterocycles. The van der Waals surface area contributed by atoms with Crippen molar-refractivity contribution in [2.75, 3.05) is 12.9 Å². The molecule has 0 spiro atoms. The molecule has 0 saturated carbocycles. The summed E-state index contributed by atoms with van der Waals surface area (Å²) in [6.07, 6.45) is 1.11. The zero-order valence-electron chi connectivity index (χ0n) is 13.9. The summed E-state index contributed by atoms with van der Waals surface area (Å²) < 4.78 is 17.9. The molecular weight excluding hydrogens is 359 g/mol. The summed E-state index contributed by atoms with van der Waals surface area (Å²) in [5, 5.41) is 3.92. The van der Waals surface area contributed by atoms with Gasteiger partial charge in [0.1, 0.15) is 21.5 Å². The number of fused-ring (bicyclic) bond motifs is 1. The van der Waals surface area contributed by atoms with Gasteiger partial charge in [-0.2, -0.15) is 0 Å². The number of esters is 1. The van der Waals surface area contributed by atoms with E-state index in [1.54, 1.807) is 35.2 Å². The summed E-state index contributed by atoms with van der Waals surface area (Å²) in [5.41, 5.74) is 1.95. The smallest absolute Gasteiger partial charge is 0.305 e. The Bertz CT molecular complexity index is 894. The molecule has 2 aromatic heterocycles. The van der Waals surface area contributed by atoms with Crippen molar-refractivity contribution in [2.24, 2.45) is 0 Å². The first-order valence-electron chi connectivity index (χ1n) is 7.80. The van der Waals surface area contributed by atoms with Gasteiger partial charge in [0.05, 0.1) is 12.5 Å². The maximum Gasteiger partial charge on any atom is 0.305 e. The molecule has 0 aliphatic carbocycles. The molecule has 0 unspecified atom stereocenters. The molecule has 7 heteroatoms. The van der Waals surface area contributed by atoms with E-state index in [1.807, 2.05) is 12.3 Å². The fourth-order valence-corrected chi connectivity index (χ4v) is 4.53. The minimum absolute atomic E-state index is 0.202. The number of halogens is 1. The van der Waals surface area contributed by atoms with Gasteiger partial charge in [-0.25, -0.2) is 14.4 Å². The number of ether oxygens (including phenoxy) is 1. The second kappa shape index (κ2) is 7.93. The van der Waals surface area contributed by atoms with E-state index >= 15 is 0 Å². The predicted octanol–water partition coefficient (Wildman–Crippen LogP) is 4.85. The Kier molecular flexibility index (Phi) is 5.65. The number of carbonyl (C=O) groups is 1.